The molecule has 19 heavy (non-hydrogen) atoms. The summed E-state index contributed by atoms with van der Waals surface area (Å²) in [6.07, 6.45) is 3.79. The Labute approximate surface area is 108 Å². The summed E-state index contributed by atoms with van der Waals surface area (Å²) in [6.45, 7) is 1.20. The molecule has 0 atom stereocenters. The predicted molar refractivity (Wildman–Crippen MR) is 66.2 cm³/mol. The number of hydrogen-bond acceptors (Lipinski definition) is 5. The van der Waals surface area contributed by atoms with Crippen LogP contribution in [-0.2, 0) is 6.54 Å². The van der Waals surface area contributed by atoms with E-state index in [-0.39, 0.29) is 11.4 Å². The minimum Gasteiger partial charge on any atom is -0.383 e. The van der Waals surface area contributed by atoms with Gasteiger partial charge in [-0.25, -0.2) is 9.37 Å². The summed E-state index contributed by atoms with van der Waals surface area (Å²) in [5.74, 6) is -0.630. The fourth-order valence-electron chi connectivity index (χ4n) is 1.57. The number of hydrogen-bond donors (Lipinski definition) is 1. The molecule has 7 nitrogen and oxygen atoms in total. The lowest BCUT2D eigenvalue weighted by molar-refractivity contribution is -0.385. The number of nitrogens with one attached hydrogen (secondary N) is 1. The van der Waals surface area contributed by atoms with E-state index in [1.54, 1.807) is 11.0 Å². The van der Waals surface area contributed by atoms with Crippen LogP contribution in [0.1, 0.15) is 6.42 Å². The van der Waals surface area contributed by atoms with Crippen LogP contribution in [0.2, 0.25) is 0 Å². The van der Waals surface area contributed by atoms with Crippen molar-refractivity contribution in [3.63, 3.8) is 0 Å². The Morgan fingerprint density at radius 3 is 2.95 bits per heavy atom. The maximum absolute atomic E-state index is 13.5. The van der Waals surface area contributed by atoms with Gasteiger partial charge < -0.3 is 5.32 Å². The van der Waals surface area contributed by atoms with Gasteiger partial charge in [0.05, 0.1) is 16.7 Å². The summed E-state index contributed by atoms with van der Waals surface area (Å²) in [6, 6.07) is 3.53. The Morgan fingerprint density at radius 1 is 1.47 bits per heavy atom. The summed E-state index contributed by atoms with van der Waals surface area (Å²) >= 11 is 0. The lowest BCUT2D eigenvalue weighted by atomic mass is 10.2. The van der Waals surface area contributed by atoms with Crippen LogP contribution in [0, 0.1) is 15.9 Å². The third kappa shape index (κ3) is 3.47. The summed E-state index contributed by atoms with van der Waals surface area (Å²) in [4.78, 5) is 13.6. The van der Waals surface area contributed by atoms with Crippen LogP contribution in [0.4, 0.5) is 15.8 Å². The first kappa shape index (κ1) is 12.9. The van der Waals surface area contributed by atoms with Crippen molar-refractivity contribution in [2.75, 3.05) is 11.9 Å². The molecule has 2 rings (SSSR count). The molecular weight excluding hydrogens is 253 g/mol. The zero-order chi connectivity index (χ0) is 13.7. The highest BCUT2D eigenvalue weighted by Gasteiger charge is 2.09. The molecule has 0 amide bonds. The molecule has 0 radical (unpaired) electrons. The highest BCUT2D eigenvalue weighted by Crippen LogP contribution is 2.20. The minimum atomic E-state index is -0.630. The quantitative estimate of drug-likeness (QED) is 0.489. The number of halogens is 1. The fraction of sp³-hybridized carbons (Fsp3) is 0.273. The van der Waals surface area contributed by atoms with E-state index in [0.29, 0.717) is 13.1 Å². The molecule has 1 aromatic heterocycles. The predicted octanol–water partition coefficient (Wildman–Crippen LogP) is 1.83. The van der Waals surface area contributed by atoms with E-state index in [1.807, 2.05) is 0 Å². The first-order valence-electron chi connectivity index (χ1n) is 5.67. The first-order valence-corrected chi connectivity index (χ1v) is 5.67. The lowest BCUT2D eigenvalue weighted by Crippen LogP contribution is -2.08. The molecule has 0 aliphatic heterocycles. The third-order valence-electron chi connectivity index (χ3n) is 2.51. The van der Waals surface area contributed by atoms with E-state index in [0.717, 1.165) is 12.5 Å². The van der Waals surface area contributed by atoms with Crippen LogP contribution < -0.4 is 5.32 Å². The van der Waals surface area contributed by atoms with Crippen LogP contribution in [0.5, 0.6) is 0 Å². The molecule has 1 heterocycles. The smallest absolute Gasteiger partial charge is 0.272 e. The topological polar surface area (TPSA) is 85.9 Å². The second kappa shape index (κ2) is 5.89. The number of rotatable bonds is 6. The number of aryl methyl sites for hydroxylation is 1. The van der Waals surface area contributed by atoms with Crippen LogP contribution in [0.15, 0.2) is 30.9 Å². The summed E-state index contributed by atoms with van der Waals surface area (Å²) in [5, 5.41) is 17.3. The fourth-order valence-corrected chi connectivity index (χ4v) is 1.57. The highest BCUT2D eigenvalue weighted by molar-refractivity contribution is 5.49. The molecule has 100 valence electrons. The molecule has 0 aliphatic rings. The average molecular weight is 265 g/mol. The van der Waals surface area contributed by atoms with Crippen molar-refractivity contribution in [2.45, 2.75) is 13.0 Å². The summed E-state index contributed by atoms with van der Waals surface area (Å²) in [7, 11) is 0. The van der Waals surface area contributed by atoms with E-state index >= 15 is 0 Å². The summed E-state index contributed by atoms with van der Waals surface area (Å²) < 4.78 is 15.2. The molecule has 0 spiro atoms. The third-order valence-corrected chi connectivity index (χ3v) is 2.51. The Balaban J connectivity index is 1.84. The molecule has 0 saturated carbocycles. The molecule has 8 heteroatoms. The zero-order valence-corrected chi connectivity index (χ0v) is 9.99. The number of non-ortho nitro benzene ring substituents is 1. The van der Waals surface area contributed by atoms with Gasteiger partial charge in [-0.2, -0.15) is 5.10 Å². The molecule has 0 fully saturated rings. The molecule has 1 aromatic carbocycles. The SMILES string of the molecule is O=[N+]([O-])c1ccc(NCCCn2cncn2)c(F)c1. The standard InChI is InChI=1S/C11H12FN5O2/c12-10-6-9(17(18)19)2-3-11(10)14-4-1-5-16-8-13-7-15-16/h2-3,6-8,14H,1,4-5H2. The average Bonchev–Trinajstić information content (AvgIpc) is 2.89. The minimum absolute atomic E-state index is 0.254. The molecule has 2 aromatic rings. The van der Waals surface area contributed by atoms with E-state index in [1.165, 1.54) is 18.5 Å². The Hall–Kier alpha value is -2.51. The second-order valence-corrected chi connectivity index (χ2v) is 3.86. The van der Waals surface area contributed by atoms with Crippen LogP contribution in [-0.4, -0.2) is 26.2 Å². The van der Waals surface area contributed by atoms with Gasteiger partial charge in [0, 0.05) is 19.2 Å². The van der Waals surface area contributed by atoms with Gasteiger partial charge in [-0.1, -0.05) is 0 Å². The number of aromatic nitrogens is 3. The van der Waals surface area contributed by atoms with Crippen LogP contribution >= 0.6 is 0 Å². The van der Waals surface area contributed by atoms with Crippen molar-refractivity contribution in [1.82, 2.24) is 14.8 Å². The van der Waals surface area contributed by atoms with Gasteiger partial charge in [-0.3, -0.25) is 14.8 Å². The first-order chi connectivity index (χ1) is 9.16. The van der Waals surface area contributed by atoms with Crippen molar-refractivity contribution >= 4 is 11.4 Å². The number of benzene rings is 1. The Morgan fingerprint density at radius 2 is 2.32 bits per heavy atom. The van der Waals surface area contributed by atoms with Crippen molar-refractivity contribution in [1.29, 1.82) is 0 Å². The molecule has 1 N–H and O–H groups in total. The number of nitro benzene ring substituents is 1. The number of nitrogens with zero attached hydrogens (tertiary/aromatic N) is 4. The van der Waals surface area contributed by atoms with E-state index in [9.17, 15) is 14.5 Å². The van der Waals surface area contributed by atoms with Crippen molar-refractivity contribution < 1.29 is 9.31 Å². The number of nitro groups is 1. The van der Waals surface area contributed by atoms with Gasteiger partial charge in [0.15, 0.2) is 5.82 Å². The second-order valence-electron chi connectivity index (χ2n) is 3.86. The van der Waals surface area contributed by atoms with Gasteiger partial charge in [-0.15, -0.1) is 0 Å². The van der Waals surface area contributed by atoms with Crippen molar-refractivity contribution in [3.8, 4) is 0 Å². The maximum Gasteiger partial charge on any atom is 0.272 e. The van der Waals surface area contributed by atoms with Crippen LogP contribution in [0.3, 0.4) is 0 Å². The van der Waals surface area contributed by atoms with Crippen LogP contribution in [0.25, 0.3) is 0 Å². The number of anilines is 1. The molecule has 0 unspecified atom stereocenters. The van der Waals surface area contributed by atoms with Crippen molar-refractivity contribution in [3.05, 3.63) is 46.8 Å². The van der Waals surface area contributed by atoms with E-state index in [4.69, 9.17) is 0 Å². The van der Waals surface area contributed by atoms with E-state index < -0.39 is 10.7 Å². The summed E-state index contributed by atoms with van der Waals surface area (Å²) in [5.41, 5.74) is -0.00476. The largest absolute Gasteiger partial charge is 0.383 e. The van der Waals surface area contributed by atoms with Gasteiger partial charge in [-0.05, 0) is 12.5 Å². The van der Waals surface area contributed by atoms with Crippen molar-refractivity contribution in [2.24, 2.45) is 0 Å². The Bertz CT molecular complexity index is 558. The zero-order valence-electron chi connectivity index (χ0n) is 9.99. The monoisotopic (exact) mass is 265 g/mol. The maximum atomic E-state index is 13.5. The van der Waals surface area contributed by atoms with Gasteiger partial charge in [0.25, 0.3) is 5.69 Å². The van der Waals surface area contributed by atoms with Gasteiger partial charge >= 0.3 is 0 Å². The lowest BCUT2D eigenvalue weighted by Gasteiger charge is -2.07. The normalized spacial score (nSPS) is 10.4. The molecule has 0 aliphatic carbocycles. The van der Waals surface area contributed by atoms with Gasteiger partial charge in [0.1, 0.15) is 12.7 Å². The van der Waals surface area contributed by atoms with Gasteiger partial charge in [0.2, 0.25) is 0 Å². The molecule has 0 bridgehead atoms. The molecule has 0 saturated heterocycles. The Kier molecular flexibility index (Phi) is 4.01. The van der Waals surface area contributed by atoms with E-state index in [2.05, 4.69) is 15.4 Å². The molecular formula is C11H12FN5O2. The highest BCUT2D eigenvalue weighted by atomic mass is 19.1.